The van der Waals surface area contributed by atoms with Crippen molar-refractivity contribution < 1.29 is 61.3 Å². The first kappa shape index (κ1) is 65.1. The quantitative estimate of drug-likeness (QED) is 0.0573. The van der Waals surface area contributed by atoms with Crippen LogP contribution >= 0.6 is 0 Å². The second kappa shape index (κ2) is 32.5. The number of hydrogen-bond acceptors (Lipinski definition) is 11. The normalized spacial score (nSPS) is 16.1. The van der Waals surface area contributed by atoms with Crippen molar-refractivity contribution in [1.29, 1.82) is 0 Å². The fourth-order valence-corrected chi connectivity index (χ4v) is 9.73. The van der Waals surface area contributed by atoms with Gasteiger partial charge in [-0.15, -0.1) is 0 Å². The molecule has 2 aromatic carbocycles. The van der Waals surface area contributed by atoms with Gasteiger partial charge in [0.2, 0.25) is 41.4 Å². The van der Waals surface area contributed by atoms with Crippen LogP contribution in [0.25, 0.3) is 0 Å². The van der Waals surface area contributed by atoms with Crippen LogP contribution in [0.3, 0.4) is 0 Å². The van der Waals surface area contributed by atoms with E-state index in [9.17, 15) is 47.1 Å². The maximum atomic E-state index is 14.2. The molecule has 19 nitrogen and oxygen atoms in total. The van der Waals surface area contributed by atoms with Crippen molar-refractivity contribution in [2.45, 2.75) is 156 Å². The van der Waals surface area contributed by atoms with Crippen LogP contribution in [0.15, 0.2) is 42.5 Å². The number of amides is 8. The summed E-state index contributed by atoms with van der Waals surface area (Å²) in [6, 6.07) is 7.25. The van der Waals surface area contributed by atoms with Gasteiger partial charge >= 0.3 is 6.09 Å². The lowest BCUT2D eigenvalue weighted by atomic mass is 9.90. The molecule has 8 amide bonds. The zero-order valence-corrected chi connectivity index (χ0v) is 47.3. The van der Waals surface area contributed by atoms with Crippen molar-refractivity contribution in [2.75, 3.05) is 59.8 Å². The molecule has 0 aliphatic carbocycles. The number of anilines is 1. The monoisotopic (exact) mass is 1080 g/mol. The molecule has 0 saturated carbocycles. The number of carbonyl (C=O) groups excluding carboxylic acids is 8. The Labute approximate surface area is 454 Å². The average Bonchev–Trinajstić information content (AvgIpc) is 3.88. The lowest BCUT2D eigenvalue weighted by Crippen LogP contribution is -2.55. The van der Waals surface area contributed by atoms with E-state index in [0.717, 1.165) is 36.3 Å². The summed E-state index contributed by atoms with van der Waals surface area (Å²) in [4.78, 5) is 111. The van der Waals surface area contributed by atoms with Crippen LogP contribution in [-0.4, -0.2) is 153 Å². The first-order valence-corrected chi connectivity index (χ1v) is 27.0. The Morgan fingerprint density at radius 2 is 1.42 bits per heavy atom. The number of nitrogens with one attached hydrogen (secondary N) is 5. The molecule has 77 heavy (non-hydrogen) atoms. The Morgan fingerprint density at radius 3 is 2.00 bits per heavy atom. The molecule has 1 saturated heterocycles. The van der Waals surface area contributed by atoms with Gasteiger partial charge in [0.15, 0.2) is 0 Å². The van der Waals surface area contributed by atoms with Gasteiger partial charge < -0.3 is 50.6 Å². The first-order chi connectivity index (χ1) is 36.5. The van der Waals surface area contributed by atoms with Crippen molar-refractivity contribution in [3.05, 3.63) is 65.2 Å². The number of benzene rings is 2. The van der Waals surface area contributed by atoms with E-state index in [1.54, 1.807) is 57.0 Å². The summed E-state index contributed by atoms with van der Waals surface area (Å²) < 4.78 is 45.7. The van der Waals surface area contributed by atoms with Gasteiger partial charge in [0.05, 0.1) is 49.7 Å². The van der Waals surface area contributed by atoms with Gasteiger partial charge in [-0.25, -0.2) is 13.6 Å². The van der Waals surface area contributed by atoms with Gasteiger partial charge in [-0.05, 0) is 73.3 Å². The van der Waals surface area contributed by atoms with Gasteiger partial charge in [0, 0.05) is 59.1 Å². The molecule has 5 N–H and O–H groups in total. The highest BCUT2D eigenvalue weighted by Gasteiger charge is 2.42. The van der Waals surface area contributed by atoms with Crippen molar-refractivity contribution >= 4 is 53.1 Å². The molecular formula is C56H86F2N8O11. The Morgan fingerprint density at radius 1 is 0.766 bits per heavy atom. The van der Waals surface area contributed by atoms with Crippen LogP contribution < -0.4 is 26.6 Å². The molecule has 430 valence electrons. The number of hydrogen-bond donors (Lipinski definition) is 5. The minimum absolute atomic E-state index is 0.00187. The highest BCUT2D eigenvalue weighted by Crippen LogP contribution is 2.29. The molecule has 1 heterocycles. The average molecular weight is 1090 g/mol. The summed E-state index contributed by atoms with van der Waals surface area (Å²) in [5.74, 6) is -5.67. The maximum absolute atomic E-state index is 14.2. The zero-order valence-electron chi connectivity index (χ0n) is 47.3. The lowest BCUT2D eigenvalue weighted by Gasteiger charge is -2.39. The molecule has 3 rings (SSSR count). The van der Waals surface area contributed by atoms with Gasteiger partial charge in [-0.2, -0.15) is 0 Å². The molecule has 3 unspecified atom stereocenters. The number of carbonyl (C=O) groups is 8. The first-order valence-electron chi connectivity index (χ1n) is 27.0. The fraction of sp³-hybridized carbons (Fsp3) is 0.643. The van der Waals surface area contributed by atoms with E-state index < -0.39 is 96.1 Å². The van der Waals surface area contributed by atoms with E-state index in [2.05, 4.69) is 26.6 Å². The molecule has 0 radical (unpaired) electrons. The van der Waals surface area contributed by atoms with Crippen molar-refractivity contribution in [3.63, 3.8) is 0 Å². The smallest absolute Gasteiger partial charge is 0.410 e. The summed E-state index contributed by atoms with van der Waals surface area (Å²) in [5, 5.41) is 13.5. The minimum Gasteiger partial charge on any atom is -0.445 e. The van der Waals surface area contributed by atoms with E-state index in [0.29, 0.717) is 43.5 Å². The summed E-state index contributed by atoms with van der Waals surface area (Å²) in [6.07, 6.45) is 2.42. The van der Waals surface area contributed by atoms with Crippen LogP contribution in [0, 0.1) is 35.3 Å². The Kier molecular flexibility index (Phi) is 27.5. The number of likely N-dealkylation sites (N-methyl/N-ethyl adjacent to an activating group) is 2. The third-order valence-electron chi connectivity index (χ3n) is 14.4. The molecule has 0 aromatic heterocycles. The molecule has 21 heteroatoms. The predicted octanol–water partition coefficient (Wildman–Crippen LogP) is 5.73. The van der Waals surface area contributed by atoms with Crippen molar-refractivity contribution in [3.8, 4) is 0 Å². The van der Waals surface area contributed by atoms with Crippen LogP contribution in [0.4, 0.5) is 19.3 Å². The van der Waals surface area contributed by atoms with Crippen LogP contribution in [0.2, 0.25) is 0 Å². The highest BCUT2D eigenvalue weighted by molar-refractivity contribution is 5.96. The molecule has 8 atom stereocenters. The van der Waals surface area contributed by atoms with Crippen LogP contribution in [-0.2, 0) is 60.8 Å². The van der Waals surface area contributed by atoms with E-state index >= 15 is 0 Å². The van der Waals surface area contributed by atoms with Crippen molar-refractivity contribution in [2.24, 2.45) is 23.7 Å². The number of rotatable bonds is 31. The number of methoxy groups -OCH3 is 2. The summed E-state index contributed by atoms with van der Waals surface area (Å²) in [7, 11) is 5.96. The minimum atomic E-state index is -1.02. The Bertz CT molecular complexity index is 2250. The molecule has 0 spiro atoms. The lowest BCUT2D eigenvalue weighted by molar-refractivity contribution is -0.145. The standard InChI is InChI=1S/C56H86F2N8O11/c1-13-15-16-22-45(67)63-49(34(3)4)54(72)60-31-46(68)62-39-25-23-38(24-26-39)33-77-56(74)65(10)50(35(5)6)55(73)61-32-48(70)64(9)51(36(7)14-2)44(75-11)30-47(69)66-29-18-21-43(66)52(76-12)37(8)53(71)59-28-27-40-41(57)19-17-20-42(40)58/h17,19-20,23-26,34-37,43-44,49-52H,13-16,18,21-22,27-33H2,1-12H3,(H,59,71)(H,60,72)(H,61,73)(H,62,68)(H,63,67)/t36-,37+,43-,44+,49?,50?,51?,52+/m0/s1. The van der Waals surface area contributed by atoms with E-state index in [-0.39, 0.29) is 67.7 Å². The number of nitrogens with zero attached hydrogens (tertiary/aromatic N) is 3. The van der Waals surface area contributed by atoms with E-state index in [1.807, 2.05) is 34.6 Å². The zero-order chi connectivity index (χ0) is 57.5. The van der Waals surface area contributed by atoms with Gasteiger partial charge in [0.25, 0.3) is 0 Å². The van der Waals surface area contributed by atoms with Gasteiger partial charge in [0.1, 0.15) is 30.3 Å². The Hall–Kier alpha value is -6.22. The summed E-state index contributed by atoms with van der Waals surface area (Å²) in [5.41, 5.74) is 0.897. The van der Waals surface area contributed by atoms with E-state index in [4.69, 9.17) is 14.2 Å². The number of unbranched alkanes of at least 4 members (excludes halogenated alkanes) is 2. The topological polar surface area (TPSA) is 234 Å². The van der Waals surface area contributed by atoms with Gasteiger partial charge in [-0.3, -0.25) is 38.5 Å². The molecule has 0 bridgehead atoms. The highest BCUT2D eigenvalue weighted by atomic mass is 19.1. The number of ether oxygens (including phenoxy) is 3. The molecular weight excluding hydrogens is 999 g/mol. The van der Waals surface area contributed by atoms with E-state index in [1.165, 1.54) is 32.2 Å². The molecule has 1 aliphatic heterocycles. The number of halogens is 2. The van der Waals surface area contributed by atoms with Crippen LogP contribution in [0.1, 0.15) is 118 Å². The maximum Gasteiger partial charge on any atom is 0.410 e. The molecule has 1 aliphatic rings. The number of likely N-dealkylation sites (tertiary alicyclic amines) is 1. The second-order valence-electron chi connectivity index (χ2n) is 20.7. The third kappa shape index (κ3) is 19.6. The predicted molar refractivity (Wildman–Crippen MR) is 288 cm³/mol. The SMILES string of the molecule is CCCCCC(=O)NC(C(=O)NCC(=O)Nc1ccc(COC(=O)N(C)C(C(=O)NCC(=O)N(C)C([C@@H](C)CC)[C@@H](CC(=O)N2CCC[C@H]2[C@H](OC)[C@@H](C)C(=O)NCCc2c(F)cccc2F)OC)C(C)C)cc1)C(C)C. The van der Waals surface area contributed by atoms with Crippen molar-refractivity contribution in [1.82, 2.24) is 36.0 Å². The summed E-state index contributed by atoms with van der Waals surface area (Å²) in [6.45, 7) is 14.3. The molecule has 2 aromatic rings. The largest absolute Gasteiger partial charge is 0.445 e. The van der Waals surface area contributed by atoms with Crippen LogP contribution in [0.5, 0.6) is 0 Å². The summed E-state index contributed by atoms with van der Waals surface area (Å²) >= 11 is 0. The molecule has 1 fully saturated rings. The fourth-order valence-electron chi connectivity index (χ4n) is 9.73. The Balaban J connectivity index is 1.56. The van der Waals surface area contributed by atoms with Gasteiger partial charge in [-0.1, -0.05) is 92.9 Å². The second-order valence-corrected chi connectivity index (χ2v) is 20.7. The third-order valence-corrected chi connectivity index (χ3v) is 14.4.